The second-order valence-corrected chi connectivity index (χ2v) is 5.40. The Kier molecular flexibility index (Phi) is 3.72. The molecule has 2 rings (SSSR count). The maximum Gasteiger partial charge on any atom is 0.118 e. The van der Waals surface area contributed by atoms with Gasteiger partial charge in [0.1, 0.15) is 5.75 Å². The minimum absolute atomic E-state index is 0.372. The lowest BCUT2D eigenvalue weighted by Crippen LogP contribution is -2.45. The molecule has 1 aromatic rings. The number of hydrogen-bond donors (Lipinski definition) is 1. The van der Waals surface area contributed by atoms with E-state index in [9.17, 15) is 0 Å². The molecule has 1 aliphatic rings. The summed E-state index contributed by atoms with van der Waals surface area (Å²) in [6.07, 6.45) is 3.96. The van der Waals surface area contributed by atoms with Crippen LogP contribution in [0.1, 0.15) is 38.7 Å². The number of hydrogen-bond acceptors (Lipinski definition) is 2. The summed E-state index contributed by atoms with van der Waals surface area (Å²) in [4.78, 5) is 0. The maximum atomic E-state index is 5.22. The summed E-state index contributed by atoms with van der Waals surface area (Å²) in [6, 6.07) is 9.15. The lowest BCUT2D eigenvalue weighted by molar-refractivity contribution is 0.228. The Balaban J connectivity index is 2.10. The first-order chi connectivity index (χ1) is 8.16. The summed E-state index contributed by atoms with van der Waals surface area (Å²) in [5, 5.41) is 3.58. The van der Waals surface area contributed by atoms with Crippen LogP contribution in [-0.2, 0) is 5.41 Å². The monoisotopic (exact) mass is 233 g/mol. The normalized spacial score (nSPS) is 17.9. The zero-order chi connectivity index (χ0) is 12.3. The first-order valence-corrected chi connectivity index (χ1v) is 6.54. The van der Waals surface area contributed by atoms with Crippen molar-refractivity contribution in [3.63, 3.8) is 0 Å². The van der Waals surface area contributed by atoms with Crippen molar-refractivity contribution in [2.75, 3.05) is 13.7 Å². The maximum absolute atomic E-state index is 5.22. The molecule has 0 atom stereocenters. The van der Waals surface area contributed by atoms with Crippen LogP contribution in [0.3, 0.4) is 0 Å². The highest BCUT2D eigenvalue weighted by Gasteiger charge is 2.38. The first kappa shape index (κ1) is 12.4. The highest BCUT2D eigenvalue weighted by atomic mass is 16.5. The van der Waals surface area contributed by atoms with Crippen LogP contribution in [0.4, 0.5) is 0 Å². The van der Waals surface area contributed by atoms with Crippen molar-refractivity contribution in [1.82, 2.24) is 5.32 Å². The van der Waals surface area contributed by atoms with Crippen molar-refractivity contribution >= 4 is 0 Å². The van der Waals surface area contributed by atoms with Crippen LogP contribution in [0.15, 0.2) is 24.3 Å². The quantitative estimate of drug-likeness (QED) is 0.843. The lowest BCUT2D eigenvalue weighted by Gasteiger charge is -2.43. The Morgan fingerprint density at radius 3 is 2.29 bits per heavy atom. The van der Waals surface area contributed by atoms with Gasteiger partial charge in [0, 0.05) is 18.0 Å². The van der Waals surface area contributed by atoms with Crippen LogP contribution in [0, 0.1) is 0 Å². The number of methoxy groups -OCH3 is 1. The summed E-state index contributed by atoms with van der Waals surface area (Å²) < 4.78 is 5.22. The Hall–Kier alpha value is -1.02. The molecule has 2 heteroatoms. The SMILES string of the molecule is COc1ccc(C2(CNC(C)C)CCC2)cc1. The smallest absolute Gasteiger partial charge is 0.118 e. The molecule has 0 saturated heterocycles. The van der Waals surface area contributed by atoms with Crippen molar-refractivity contribution in [3.8, 4) is 5.75 Å². The van der Waals surface area contributed by atoms with E-state index in [2.05, 4.69) is 43.4 Å². The topological polar surface area (TPSA) is 21.3 Å². The second kappa shape index (κ2) is 5.09. The van der Waals surface area contributed by atoms with Gasteiger partial charge < -0.3 is 10.1 Å². The fourth-order valence-corrected chi connectivity index (χ4v) is 2.52. The predicted octanol–water partition coefficient (Wildman–Crippen LogP) is 3.11. The molecule has 0 radical (unpaired) electrons. The summed E-state index contributed by atoms with van der Waals surface area (Å²) in [5.41, 5.74) is 1.83. The molecule has 1 saturated carbocycles. The zero-order valence-corrected chi connectivity index (χ0v) is 11.1. The Morgan fingerprint density at radius 2 is 1.88 bits per heavy atom. The van der Waals surface area contributed by atoms with Gasteiger partial charge in [-0.05, 0) is 30.5 Å². The molecule has 0 aromatic heterocycles. The number of nitrogens with one attached hydrogen (secondary N) is 1. The minimum Gasteiger partial charge on any atom is -0.497 e. The highest BCUT2D eigenvalue weighted by molar-refractivity contribution is 5.34. The Labute approximate surface area is 104 Å². The second-order valence-electron chi connectivity index (χ2n) is 5.40. The van der Waals surface area contributed by atoms with Crippen molar-refractivity contribution in [2.45, 2.75) is 44.6 Å². The van der Waals surface area contributed by atoms with Gasteiger partial charge in [0.25, 0.3) is 0 Å². The van der Waals surface area contributed by atoms with Crippen LogP contribution < -0.4 is 10.1 Å². The van der Waals surface area contributed by atoms with E-state index in [0.717, 1.165) is 12.3 Å². The molecule has 94 valence electrons. The summed E-state index contributed by atoms with van der Waals surface area (Å²) in [6.45, 7) is 5.51. The fraction of sp³-hybridized carbons (Fsp3) is 0.600. The molecular formula is C15H23NO. The number of benzene rings is 1. The van der Waals surface area contributed by atoms with E-state index in [4.69, 9.17) is 4.74 Å². The van der Waals surface area contributed by atoms with Gasteiger partial charge in [-0.25, -0.2) is 0 Å². The van der Waals surface area contributed by atoms with Crippen LogP contribution in [0.25, 0.3) is 0 Å². The van der Waals surface area contributed by atoms with Gasteiger partial charge in [-0.15, -0.1) is 0 Å². The van der Waals surface area contributed by atoms with Gasteiger partial charge in [0.05, 0.1) is 7.11 Å². The standard InChI is InChI=1S/C15H23NO/c1-12(2)16-11-15(9-4-10-15)13-5-7-14(17-3)8-6-13/h5-8,12,16H,4,9-11H2,1-3H3. The molecule has 0 spiro atoms. The third-order valence-corrected chi connectivity index (χ3v) is 3.86. The van der Waals surface area contributed by atoms with E-state index in [1.165, 1.54) is 24.8 Å². The number of rotatable bonds is 5. The van der Waals surface area contributed by atoms with Gasteiger partial charge in [-0.2, -0.15) is 0 Å². The molecule has 1 aromatic carbocycles. The molecule has 0 bridgehead atoms. The molecule has 1 aliphatic carbocycles. The van der Waals surface area contributed by atoms with Crippen molar-refractivity contribution in [1.29, 1.82) is 0 Å². The third kappa shape index (κ3) is 2.63. The summed E-state index contributed by atoms with van der Waals surface area (Å²) in [7, 11) is 1.72. The lowest BCUT2D eigenvalue weighted by atomic mass is 9.64. The average molecular weight is 233 g/mol. The minimum atomic E-state index is 0.372. The molecule has 0 heterocycles. The first-order valence-electron chi connectivity index (χ1n) is 6.54. The Bertz CT molecular complexity index is 352. The zero-order valence-electron chi connectivity index (χ0n) is 11.1. The molecule has 0 aliphatic heterocycles. The van der Waals surface area contributed by atoms with Gasteiger partial charge in [0.15, 0.2) is 0 Å². The fourth-order valence-electron chi connectivity index (χ4n) is 2.52. The van der Waals surface area contributed by atoms with Crippen molar-refractivity contribution in [2.24, 2.45) is 0 Å². The largest absolute Gasteiger partial charge is 0.497 e. The molecule has 2 nitrogen and oxygen atoms in total. The van der Waals surface area contributed by atoms with Gasteiger partial charge >= 0.3 is 0 Å². The summed E-state index contributed by atoms with van der Waals surface area (Å²) >= 11 is 0. The van der Waals surface area contributed by atoms with Gasteiger partial charge in [-0.1, -0.05) is 32.4 Å². The van der Waals surface area contributed by atoms with Gasteiger partial charge in [0.2, 0.25) is 0 Å². The van der Waals surface area contributed by atoms with E-state index < -0.39 is 0 Å². The van der Waals surface area contributed by atoms with Crippen molar-refractivity contribution in [3.05, 3.63) is 29.8 Å². The molecule has 0 amide bonds. The average Bonchev–Trinajstić information content (AvgIpc) is 2.28. The van der Waals surface area contributed by atoms with E-state index in [1.807, 2.05) is 0 Å². The molecule has 0 unspecified atom stereocenters. The Morgan fingerprint density at radius 1 is 1.24 bits per heavy atom. The van der Waals surface area contributed by atoms with E-state index in [0.29, 0.717) is 11.5 Å². The van der Waals surface area contributed by atoms with Crippen LogP contribution in [0.5, 0.6) is 5.75 Å². The van der Waals surface area contributed by atoms with E-state index in [-0.39, 0.29) is 0 Å². The summed E-state index contributed by atoms with van der Waals surface area (Å²) in [5.74, 6) is 0.944. The van der Waals surface area contributed by atoms with Crippen LogP contribution in [0.2, 0.25) is 0 Å². The van der Waals surface area contributed by atoms with Crippen molar-refractivity contribution < 1.29 is 4.74 Å². The molecule has 1 N–H and O–H groups in total. The predicted molar refractivity (Wildman–Crippen MR) is 71.7 cm³/mol. The molecule has 17 heavy (non-hydrogen) atoms. The van der Waals surface area contributed by atoms with Crippen LogP contribution >= 0.6 is 0 Å². The van der Waals surface area contributed by atoms with Crippen LogP contribution in [-0.4, -0.2) is 19.7 Å². The van der Waals surface area contributed by atoms with Gasteiger partial charge in [-0.3, -0.25) is 0 Å². The number of ether oxygens (including phenoxy) is 1. The van der Waals surface area contributed by atoms with E-state index in [1.54, 1.807) is 7.11 Å². The highest BCUT2D eigenvalue weighted by Crippen LogP contribution is 2.43. The molecular weight excluding hydrogens is 210 g/mol. The molecule has 1 fully saturated rings. The third-order valence-electron chi connectivity index (χ3n) is 3.86. The van der Waals surface area contributed by atoms with E-state index >= 15 is 0 Å².